The second-order valence-electron chi connectivity index (χ2n) is 4.75. The van der Waals surface area contributed by atoms with Crippen LogP contribution in [0, 0.1) is 0 Å². The van der Waals surface area contributed by atoms with Gasteiger partial charge in [-0.15, -0.1) is 0 Å². The highest BCUT2D eigenvalue weighted by Gasteiger charge is 2.28. The molecule has 0 fully saturated rings. The van der Waals surface area contributed by atoms with Crippen molar-refractivity contribution in [3.63, 3.8) is 0 Å². The molecule has 1 heterocycles. The Hall–Kier alpha value is -1.92. The van der Waals surface area contributed by atoms with Crippen molar-refractivity contribution < 1.29 is 27.8 Å². The fourth-order valence-electron chi connectivity index (χ4n) is 1.40. The van der Waals surface area contributed by atoms with E-state index in [0.29, 0.717) is 4.57 Å². The summed E-state index contributed by atoms with van der Waals surface area (Å²) in [5, 5.41) is 0. The van der Waals surface area contributed by atoms with Crippen LogP contribution in [0.1, 0.15) is 43.4 Å². The molecule has 0 saturated carbocycles. The van der Waals surface area contributed by atoms with Crippen LogP contribution >= 0.6 is 0 Å². The zero-order valence-corrected chi connectivity index (χ0v) is 11.1. The lowest BCUT2D eigenvalue weighted by Gasteiger charge is -2.21. The molecule has 0 atom stereocenters. The van der Waals surface area contributed by atoms with Crippen LogP contribution in [0.5, 0.6) is 0 Å². The van der Waals surface area contributed by atoms with Crippen LogP contribution in [0.3, 0.4) is 0 Å². The van der Waals surface area contributed by atoms with Gasteiger partial charge in [0.2, 0.25) is 0 Å². The highest BCUT2D eigenvalue weighted by atomic mass is 19.3. The van der Waals surface area contributed by atoms with Gasteiger partial charge in [0.25, 0.3) is 6.43 Å². The first-order valence-electron chi connectivity index (χ1n) is 5.49. The number of carbonyl (C=O) groups excluding carboxylic acids is 2. The predicted molar refractivity (Wildman–Crippen MR) is 62.4 cm³/mol. The van der Waals surface area contributed by atoms with Gasteiger partial charge in [-0.3, -0.25) is 0 Å². The van der Waals surface area contributed by atoms with Gasteiger partial charge in [0.15, 0.2) is 0 Å². The molecule has 0 radical (unpaired) electrons. The Morgan fingerprint density at radius 2 is 1.84 bits per heavy atom. The third kappa shape index (κ3) is 3.52. The summed E-state index contributed by atoms with van der Waals surface area (Å²) < 4.78 is 35.6. The second-order valence-corrected chi connectivity index (χ2v) is 4.75. The number of hydrogen-bond donors (Lipinski definition) is 0. The number of aromatic nitrogens is 1. The molecule has 0 bridgehead atoms. The van der Waals surface area contributed by atoms with E-state index < -0.39 is 29.8 Å². The van der Waals surface area contributed by atoms with Crippen LogP contribution in [-0.4, -0.2) is 29.3 Å². The minimum Gasteiger partial charge on any atom is -0.464 e. The average molecular weight is 275 g/mol. The first-order valence-corrected chi connectivity index (χ1v) is 5.49. The summed E-state index contributed by atoms with van der Waals surface area (Å²) >= 11 is 0. The molecule has 5 nitrogen and oxygen atoms in total. The van der Waals surface area contributed by atoms with Gasteiger partial charge in [0.05, 0.1) is 12.8 Å². The SMILES string of the molecule is COC(=O)c1ccc(C(F)F)n1C(=O)OC(C)(C)C. The van der Waals surface area contributed by atoms with Crippen LogP contribution in [0.4, 0.5) is 13.6 Å². The Labute approximate surface area is 109 Å². The molecule has 1 rings (SSSR count). The number of nitrogens with zero attached hydrogens (tertiary/aromatic N) is 1. The van der Waals surface area contributed by atoms with Crippen molar-refractivity contribution in [1.82, 2.24) is 4.57 Å². The lowest BCUT2D eigenvalue weighted by molar-refractivity contribution is 0.0454. The average Bonchev–Trinajstić information content (AvgIpc) is 2.70. The second kappa shape index (κ2) is 5.38. The fraction of sp³-hybridized carbons (Fsp3) is 0.500. The highest BCUT2D eigenvalue weighted by Crippen LogP contribution is 2.23. The lowest BCUT2D eigenvalue weighted by atomic mass is 10.2. The van der Waals surface area contributed by atoms with Gasteiger partial charge in [-0.2, -0.15) is 0 Å². The van der Waals surface area contributed by atoms with Crippen LogP contribution in [0.25, 0.3) is 0 Å². The van der Waals surface area contributed by atoms with Gasteiger partial charge in [-0.1, -0.05) is 0 Å². The molecule has 19 heavy (non-hydrogen) atoms. The summed E-state index contributed by atoms with van der Waals surface area (Å²) in [5.74, 6) is -0.891. The number of rotatable bonds is 2. The van der Waals surface area contributed by atoms with E-state index in [-0.39, 0.29) is 5.69 Å². The molecular formula is C12H15F2NO4. The minimum atomic E-state index is -2.91. The zero-order chi connectivity index (χ0) is 14.8. The Kier molecular flexibility index (Phi) is 4.28. The summed E-state index contributed by atoms with van der Waals surface area (Å²) in [6, 6.07) is 2.08. The van der Waals surface area contributed by atoms with E-state index in [0.717, 1.165) is 19.2 Å². The van der Waals surface area contributed by atoms with E-state index in [1.54, 1.807) is 20.8 Å². The number of alkyl halides is 2. The normalized spacial score (nSPS) is 11.5. The third-order valence-corrected chi connectivity index (χ3v) is 2.11. The quantitative estimate of drug-likeness (QED) is 0.778. The van der Waals surface area contributed by atoms with Gasteiger partial charge >= 0.3 is 12.1 Å². The molecule has 0 aliphatic rings. The van der Waals surface area contributed by atoms with E-state index >= 15 is 0 Å². The minimum absolute atomic E-state index is 0.299. The zero-order valence-electron chi connectivity index (χ0n) is 11.1. The van der Waals surface area contributed by atoms with Gasteiger partial charge < -0.3 is 9.47 Å². The standard InChI is InChI=1S/C12H15F2NO4/c1-12(2,3)19-11(17)15-7(9(13)14)5-6-8(15)10(16)18-4/h5-6,9H,1-4H3. The summed E-state index contributed by atoms with van der Waals surface area (Å²) in [7, 11) is 1.09. The number of hydrogen-bond acceptors (Lipinski definition) is 4. The van der Waals surface area contributed by atoms with Crippen molar-refractivity contribution in [3.05, 3.63) is 23.5 Å². The number of methoxy groups -OCH3 is 1. The fourth-order valence-corrected chi connectivity index (χ4v) is 1.40. The van der Waals surface area contributed by atoms with Crippen LogP contribution < -0.4 is 0 Å². The van der Waals surface area contributed by atoms with Crippen LogP contribution in [0.2, 0.25) is 0 Å². The monoisotopic (exact) mass is 275 g/mol. The molecule has 0 aliphatic carbocycles. The molecule has 0 N–H and O–H groups in total. The lowest BCUT2D eigenvalue weighted by Crippen LogP contribution is -2.30. The molecule has 0 unspecified atom stereocenters. The Morgan fingerprint density at radius 1 is 1.26 bits per heavy atom. The first kappa shape index (κ1) is 15.1. The number of halogens is 2. The van der Waals surface area contributed by atoms with E-state index in [1.165, 1.54) is 0 Å². The molecule has 0 saturated heterocycles. The van der Waals surface area contributed by atoms with Gasteiger partial charge in [-0.05, 0) is 32.9 Å². The topological polar surface area (TPSA) is 57.5 Å². The summed E-state index contributed by atoms with van der Waals surface area (Å²) in [6.07, 6.45) is -3.96. The number of esters is 1. The summed E-state index contributed by atoms with van der Waals surface area (Å²) in [4.78, 5) is 23.3. The molecule has 106 valence electrons. The van der Waals surface area contributed by atoms with Crippen molar-refractivity contribution in [2.24, 2.45) is 0 Å². The van der Waals surface area contributed by atoms with Gasteiger partial charge in [0.1, 0.15) is 11.3 Å². The third-order valence-electron chi connectivity index (χ3n) is 2.11. The molecule has 7 heteroatoms. The van der Waals surface area contributed by atoms with E-state index in [2.05, 4.69) is 4.74 Å². The maximum Gasteiger partial charge on any atom is 0.419 e. The van der Waals surface area contributed by atoms with Gasteiger partial charge in [-0.25, -0.2) is 22.9 Å². The molecule has 0 amide bonds. The maximum atomic E-state index is 12.8. The predicted octanol–water partition coefficient (Wildman–Crippen LogP) is 3.00. The highest BCUT2D eigenvalue weighted by molar-refractivity contribution is 5.92. The van der Waals surface area contributed by atoms with Crippen molar-refractivity contribution in [3.8, 4) is 0 Å². The van der Waals surface area contributed by atoms with Crippen LogP contribution in [0.15, 0.2) is 12.1 Å². The molecule has 1 aromatic rings. The first-order chi connectivity index (χ1) is 8.67. The van der Waals surface area contributed by atoms with Gasteiger partial charge in [0, 0.05) is 0 Å². The van der Waals surface area contributed by atoms with Crippen molar-refractivity contribution in [2.45, 2.75) is 32.8 Å². The molecule has 0 aromatic carbocycles. The van der Waals surface area contributed by atoms with Crippen molar-refractivity contribution >= 4 is 12.1 Å². The molecule has 0 aliphatic heterocycles. The maximum absolute atomic E-state index is 12.8. The summed E-state index contributed by atoms with van der Waals surface area (Å²) in [6.45, 7) is 4.77. The Morgan fingerprint density at radius 3 is 2.26 bits per heavy atom. The largest absolute Gasteiger partial charge is 0.464 e. The molecule has 0 spiro atoms. The summed E-state index contributed by atoms with van der Waals surface area (Å²) in [5.41, 5.74) is -1.78. The van der Waals surface area contributed by atoms with E-state index in [4.69, 9.17) is 4.74 Å². The molecule has 1 aromatic heterocycles. The van der Waals surface area contributed by atoms with E-state index in [1.807, 2.05) is 0 Å². The smallest absolute Gasteiger partial charge is 0.419 e. The Bertz CT molecular complexity index is 488. The van der Waals surface area contributed by atoms with Crippen LogP contribution in [-0.2, 0) is 9.47 Å². The number of carbonyl (C=O) groups is 2. The van der Waals surface area contributed by atoms with Crippen molar-refractivity contribution in [1.29, 1.82) is 0 Å². The van der Waals surface area contributed by atoms with E-state index in [9.17, 15) is 18.4 Å². The number of ether oxygens (including phenoxy) is 2. The Balaban J connectivity index is 3.25. The van der Waals surface area contributed by atoms with Crippen molar-refractivity contribution in [2.75, 3.05) is 7.11 Å². The molecular weight excluding hydrogens is 260 g/mol.